The molecule has 1 heterocycles. The Morgan fingerprint density at radius 1 is 1.53 bits per heavy atom. The van der Waals surface area contributed by atoms with Crippen LogP contribution in [-0.2, 0) is 16.1 Å². The van der Waals surface area contributed by atoms with Crippen molar-refractivity contribution in [1.82, 2.24) is 4.90 Å². The van der Waals surface area contributed by atoms with Crippen LogP contribution in [0.2, 0.25) is 0 Å². The Morgan fingerprint density at radius 2 is 2.26 bits per heavy atom. The lowest BCUT2D eigenvalue weighted by atomic mass is 10.1. The summed E-state index contributed by atoms with van der Waals surface area (Å²) in [6, 6.07) is 3.98. The summed E-state index contributed by atoms with van der Waals surface area (Å²) in [4.78, 5) is 35.1. The average Bonchev–Trinajstić information content (AvgIpc) is 2.69. The molecule has 0 aliphatic carbocycles. The Bertz CT molecular complexity index is 541. The molecule has 19 heavy (non-hydrogen) atoms. The number of hydrogen-bond donors (Lipinski definition) is 2. The third-order valence-electron chi connectivity index (χ3n) is 3.25. The number of fused-ring (bicyclic) bond motifs is 1. The summed E-state index contributed by atoms with van der Waals surface area (Å²) in [7, 11) is 0. The van der Waals surface area contributed by atoms with E-state index in [1.807, 2.05) is 0 Å². The van der Waals surface area contributed by atoms with Gasteiger partial charge >= 0.3 is 5.97 Å². The van der Waals surface area contributed by atoms with Gasteiger partial charge in [-0.05, 0) is 18.6 Å². The van der Waals surface area contributed by atoms with Crippen molar-refractivity contribution < 1.29 is 19.5 Å². The number of carbonyl (C=O) groups is 3. The maximum atomic E-state index is 12.2. The summed E-state index contributed by atoms with van der Waals surface area (Å²) >= 11 is 0. The van der Waals surface area contributed by atoms with E-state index in [2.05, 4.69) is 0 Å². The second-order valence-corrected chi connectivity index (χ2v) is 4.40. The summed E-state index contributed by atoms with van der Waals surface area (Å²) in [5, 5.41) is 9.19. The minimum atomic E-state index is -1.11. The molecule has 0 spiro atoms. The first-order chi connectivity index (χ1) is 9.06. The van der Waals surface area contributed by atoms with Crippen molar-refractivity contribution in [2.45, 2.75) is 25.4 Å². The molecular formula is C13H14N2O4. The van der Waals surface area contributed by atoms with E-state index in [4.69, 9.17) is 5.73 Å². The molecular weight excluding hydrogens is 248 g/mol. The Kier molecular flexibility index (Phi) is 3.50. The van der Waals surface area contributed by atoms with Crippen LogP contribution in [0, 0.1) is 0 Å². The monoisotopic (exact) mass is 262 g/mol. The van der Waals surface area contributed by atoms with Gasteiger partial charge < -0.3 is 20.5 Å². The first-order valence-electron chi connectivity index (χ1n) is 5.91. The first-order valence-corrected chi connectivity index (χ1v) is 5.91. The fourth-order valence-corrected chi connectivity index (χ4v) is 2.27. The highest BCUT2D eigenvalue weighted by Gasteiger charge is 2.36. The number of carboxylic acids is 1. The van der Waals surface area contributed by atoms with E-state index in [0.29, 0.717) is 23.1 Å². The van der Waals surface area contributed by atoms with Crippen molar-refractivity contribution in [3.8, 4) is 0 Å². The van der Waals surface area contributed by atoms with Crippen LogP contribution in [0.3, 0.4) is 0 Å². The number of aldehydes is 1. The van der Waals surface area contributed by atoms with Crippen LogP contribution >= 0.6 is 0 Å². The Hall–Kier alpha value is -2.37. The predicted octanol–water partition coefficient (Wildman–Crippen LogP) is 0.657. The Labute approximate surface area is 109 Å². The van der Waals surface area contributed by atoms with Crippen LogP contribution in [0.5, 0.6) is 0 Å². The van der Waals surface area contributed by atoms with E-state index >= 15 is 0 Å². The lowest BCUT2D eigenvalue weighted by molar-refractivity contribution is -0.142. The average molecular weight is 262 g/mol. The molecule has 2 rings (SSSR count). The first kappa shape index (κ1) is 13.1. The van der Waals surface area contributed by atoms with Gasteiger partial charge in [0.25, 0.3) is 5.91 Å². The molecule has 0 saturated heterocycles. The maximum absolute atomic E-state index is 12.2. The number of carbonyl (C=O) groups excluding carboxylic acids is 2. The second-order valence-electron chi connectivity index (χ2n) is 4.40. The molecule has 0 radical (unpaired) electrons. The quantitative estimate of drug-likeness (QED) is 0.599. The van der Waals surface area contributed by atoms with E-state index < -0.39 is 12.0 Å². The van der Waals surface area contributed by atoms with Gasteiger partial charge in [0, 0.05) is 29.8 Å². The van der Waals surface area contributed by atoms with E-state index in [0.717, 1.165) is 0 Å². The molecule has 0 bridgehead atoms. The number of anilines is 1. The summed E-state index contributed by atoms with van der Waals surface area (Å²) in [5.41, 5.74) is 7.37. The van der Waals surface area contributed by atoms with Crippen molar-refractivity contribution in [3.63, 3.8) is 0 Å². The molecule has 1 atom stereocenters. The molecule has 1 amide bonds. The summed E-state index contributed by atoms with van der Waals surface area (Å²) < 4.78 is 0. The molecule has 1 aliphatic heterocycles. The van der Waals surface area contributed by atoms with Crippen LogP contribution < -0.4 is 5.73 Å². The van der Waals surface area contributed by atoms with Gasteiger partial charge in [-0.3, -0.25) is 4.79 Å². The highest BCUT2D eigenvalue weighted by atomic mass is 16.4. The minimum absolute atomic E-state index is 0.104. The third-order valence-corrected chi connectivity index (χ3v) is 3.25. The molecule has 1 aliphatic rings. The standard InChI is InChI=1S/C13H14N2O4/c14-10-4-1-3-8-9(10)7-15(12(8)17)11(13(18)19)5-2-6-16/h1,3-4,6,11H,2,5,7,14H2,(H,18,19). The molecule has 0 fully saturated rings. The van der Waals surface area contributed by atoms with E-state index in [1.54, 1.807) is 18.2 Å². The summed E-state index contributed by atoms with van der Waals surface area (Å²) in [6.45, 7) is 0.177. The number of nitrogens with two attached hydrogens (primary N) is 1. The van der Waals surface area contributed by atoms with Gasteiger partial charge in [0.2, 0.25) is 0 Å². The molecule has 6 heteroatoms. The molecule has 1 aromatic rings. The number of hydrogen-bond acceptors (Lipinski definition) is 4. The number of amides is 1. The molecule has 0 aromatic heterocycles. The van der Waals surface area contributed by atoms with Gasteiger partial charge in [-0.25, -0.2) is 4.79 Å². The number of carboxylic acid groups (broad SMARTS) is 1. The number of benzene rings is 1. The van der Waals surface area contributed by atoms with Crippen molar-refractivity contribution >= 4 is 23.9 Å². The summed E-state index contributed by atoms with van der Waals surface area (Å²) in [6.07, 6.45) is 0.864. The fraction of sp³-hybridized carbons (Fsp3) is 0.308. The Morgan fingerprint density at radius 3 is 2.84 bits per heavy atom. The van der Waals surface area contributed by atoms with E-state index in [1.165, 1.54) is 4.90 Å². The van der Waals surface area contributed by atoms with Gasteiger partial charge in [0.1, 0.15) is 12.3 Å². The highest BCUT2D eigenvalue weighted by Crippen LogP contribution is 2.29. The number of nitrogen functional groups attached to an aromatic ring is 1. The zero-order valence-electron chi connectivity index (χ0n) is 10.2. The highest BCUT2D eigenvalue weighted by molar-refractivity contribution is 6.01. The van der Waals surface area contributed by atoms with E-state index in [-0.39, 0.29) is 25.3 Å². The van der Waals surface area contributed by atoms with Crippen LogP contribution in [0.4, 0.5) is 5.69 Å². The maximum Gasteiger partial charge on any atom is 0.326 e. The lowest BCUT2D eigenvalue weighted by Gasteiger charge is -2.23. The molecule has 100 valence electrons. The van der Waals surface area contributed by atoms with Gasteiger partial charge in [-0.15, -0.1) is 0 Å². The fourth-order valence-electron chi connectivity index (χ4n) is 2.27. The van der Waals surface area contributed by atoms with Gasteiger partial charge in [-0.1, -0.05) is 6.07 Å². The number of rotatable bonds is 5. The zero-order valence-corrected chi connectivity index (χ0v) is 10.2. The van der Waals surface area contributed by atoms with Crippen LogP contribution in [0.1, 0.15) is 28.8 Å². The zero-order chi connectivity index (χ0) is 14.0. The largest absolute Gasteiger partial charge is 0.480 e. The smallest absolute Gasteiger partial charge is 0.326 e. The van der Waals surface area contributed by atoms with Crippen LogP contribution in [0.15, 0.2) is 18.2 Å². The van der Waals surface area contributed by atoms with Crippen molar-refractivity contribution in [1.29, 1.82) is 0 Å². The molecule has 3 N–H and O–H groups in total. The lowest BCUT2D eigenvalue weighted by Crippen LogP contribution is -2.41. The van der Waals surface area contributed by atoms with Crippen LogP contribution in [0.25, 0.3) is 0 Å². The van der Waals surface area contributed by atoms with Crippen molar-refractivity contribution in [2.75, 3.05) is 5.73 Å². The molecule has 1 unspecified atom stereocenters. The SMILES string of the molecule is Nc1cccc2c1CN(C(CCC=O)C(=O)O)C2=O. The van der Waals surface area contributed by atoms with Crippen LogP contribution in [-0.4, -0.2) is 34.2 Å². The van der Waals surface area contributed by atoms with E-state index in [9.17, 15) is 19.5 Å². The molecule has 1 aromatic carbocycles. The second kappa shape index (κ2) is 5.09. The molecule has 0 saturated carbocycles. The predicted molar refractivity (Wildman–Crippen MR) is 67.4 cm³/mol. The Balaban J connectivity index is 2.28. The normalized spacial score (nSPS) is 15.2. The van der Waals surface area contributed by atoms with Gasteiger partial charge in [0.05, 0.1) is 0 Å². The summed E-state index contributed by atoms with van der Waals surface area (Å²) in [5.74, 6) is -1.46. The molecule has 6 nitrogen and oxygen atoms in total. The topological polar surface area (TPSA) is 101 Å². The van der Waals surface area contributed by atoms with Gasteiger partial charge in [0.15, 0.2) is 0 Å². The number of nitrogens with zero attached hydrogens (tertiary/aromatic N) is 1. The number of aliphatic carboxylic acids is 1. The van der Waals surface area contributed by atoms with Crippen molar-refractivity contribution in [2.24, 2.45) is 0 Å². The van der Waals surface area contributed by atoms with Gasteiger partial charge in [-0.2, -0.15) is 0 Å². The third kappa shape index (κ3) is 2.29. The van der Waals surface area contributed by atoms with Crippen molar-refractivity contribution in [3.05, 3.63) is 29.3 Å². The minimum Gasteiger partial charge on any atom is -0.480 e.